The maximum Gasteiger partial charge on any atom is 0.266 e. The van der Waals surface area contributed by atoms with Crippen LogP contribution in [0, 0.1) is 5.41 Å². The number of H-pyrrole nitrogens is 1. The molecule has 0 bridgehead atoms. The number of nitrogens with zero attached hydrogens (tertiary/aromatic N) is 1. The number of aromatic nitrogens is 1. The Labute approximate surface area is 181 Å². The van der Waals surface area contributed by atoms with Crippen molar-refractivity contribution >= 4 is 35.0 Å². The van der Waals surface area contributed by atoms with Gasteiger partial charge in [-0.3, -0.25) is 9.59 Å². The van der Waals surface area contributed by atoms with E-state index in [0.29, 0.717) is 9.20 Å². The quantitative estimate of drug-likeness (QED) is 0.662. The van der Waals surface area contributed by atoms with Crippen LogP contribution in [0.3, 0.4) is 0 Å². The van der Waals surface area contributed by atoms with Crippen LogP contribution in [-0.4, -0.2) is 17.3 Å². The van der Waals surface area contributed by atoms with Crippen molar-refractivity contribution in [2.75, 3.05) is 11.4 Å². The topological polar surface area (TPSA) is 53.2 Å². The molecule has 0 aliphatic rings. The smallest absolute Gasteiger partial charge is 0.266 e. The molecule has 30 heavy (non-hydrogen) atoms. The second-order valence-electron chi connectivity index (χ2n) is 8.28. The first-order chi connectivity index (χ1) is 14.3. The van der Waals surface area contributed by atoms with E-state index >= 15 is 0 Å². The number of benzene rings is 2. The largest absolute Gasteiger partial charge is 0.367 e. The van der Waals surface area contributed by atoms with E-state index in [2.05, 4.69) is 53.2 Å². The van der Waals surface area contributed by atoms with Crippen LogP contribution in [0.5, 0.6) is 0 Å². The average molecular weight is 421 g/mol. The Kier molecular flexibility index (Phi) is 6.73. The molecule has 0 saturated heterocycles. The third-order valence-electron chi connectivity index (χ3n) is 4.84. The molecule has 3 rings (SSSR count). The Morgan fingerprint density at radius 2 is 1.73 bits per heavy atom. The van der Waals surface area contributed by atoms with Gasteiger partial charge >= 0.3 is 0 Å². The molecule has 0 aliphatic heterocycles. The molecule has 4 nitrogen and oxygen atoms in total. The van der Waals surface area contributed by atoms with Gasteiger partial charge < -0.3 is 9.88 Å². The summed E-state index contributed by atoms with van der Waals surface area (Å²) in [5, 5.41) is 0. The molecule has 0 aliphatic carbocycles. The number of ketones is 1. The van der Waals surface area contributed by atoms with Gasteiger partial charge in [0.2, 0.25) is 0 Å². The lowest BCUT2D eigenvalue weighted by atomic mass is 9.91. The number of nitrogens with one attached hydrogen (secondary N) is 1. The highest BCUT2D eigenvalue weighted by atomic mass is 32.1. The molecule has 5 heteroatoms. The first-order valence-corrected chi connectivity index (χ1v) is 10.9. The summed E-state index contributed by atoms with van der Waals surface area (Å²) in [5.74, 6) is -0.00558. The molecule has 0 unspecified atom stereocenters. The van der Waals surface area contributed by atoms with Crippen LogP contribution in [-0.2, 0) is 11.3 Å². The SMILES string of the molecule is CCN(Cc1ccccc1)c1ccc(/C=c2\s/c(=C\C(=O)C(C)(C)C)[nH]c2=O)cc1. The zero-order chi connectivity index (χ0) is 21.7. The minimum Gasteiger partial charge on any atom is -0.367 e. The number of aromatic amines is 1. The highest BCUT2D eigenvalue weighted by Gasteiger charge is 2.18. The molecule has 0 spiro atoms. The van der Waals surface area contributed by atoms with E-state index in [0.717, 1.165) is 24.3 Å². The Morgan fingerprint density at radius 1 is 1.07 bits per heavy atom. The predicted molar refractivity (Wildman–Crippen MR) is 126 cm³/mol. The molecule has 1 heterocycles. The van der Waals surface area contributed by atoms with Crippen molar-refractivity contribution in [1.29, 1.82) is 0 Å². The van der Waals surface area contributed by atoms with Gasteiger partial charge in [0.1, 0.15) is 0 Å². The Bertz CT molecular complexity index is 1170. The van der Waals surface area contributed by atoms with Gasteiger partial charge in [0, 0.05) is 30.3 Å². The van der Waals surface area contributed by atoms with E-state index in [1.54, 1.807) is 0 Å². The molecule has 0 saturated carbocycles. The Morgan fingerprint density at radius 3 is 2.33 bits per heavy atom. The molecule has 0 amide bonds. The molecular formula is C25H28N2O2S. The maximum atomic E-state index is 12.3. The molecular weight excluding hydrogens is 392 g/mol. The number of anilines is 1. The summed E-state index contributed by atoms with van der Waals surface area (Å²) in [7, 11) is 0. The van der Waals surface area contributed by atoms with Crippen LogP contribution in [0.25, 0.3) is 12.2 Å². The minimum absolute atomic E-state index is 0.00558. The molecule has 3 aromatic rings. The minimum atomic E-state index is -0.467. The molecule has 1 aromatic heterocycles. The third-order valence-corrected chi connectivity index (χ3v) is 5.80. The van der Waals surface area contributed by atoms with Crippen molar-refractivity contribution in [2.24, 2.45) is 5.41 Å². The lowest BCUT2D eigenvalue weighted by Crippen LogP contribution is -2.22. The van der Waals surface area contributed by atoms with Crippen molar-refractivity contribution in [2.45, 2.75) is 34.2 Å². The number of carbonyl (C=O) groups is 1. The number of thiazole rings is 1. The summed E-state index contributed by atoms with van der Waals surface area (Å²) in [6.07, 6.45) is 3.38. The van der Waals surface area contributed by atoms with Crippen LogP contribution in [0.4, 0.5) is 5.69 Å². The van der Waals surface area contributed by atoms with Gasteiger partial charge in [-0.05, 0) is 36.3 Å². The maximum absolute atomic E-state index is 12.3. The van der Waals surface area contributed by atoms with Crippen molar-refractivity contribution in [1.82, 2.24) is 4.98 Å². The highest BCUT2D eigenvalue weighted by Crippen LogP contribution is 2.18. The first-order valence-electron chi connectivity index (χ1n) is 10.1. The normalized spacial score (nSPS) is 12.9. The van der Waals surface area contributed by atoms with Gasteiger partial charge in [-0.15, -0.1) is 11.3 Å². The van der Waals surface area contributed by atoms with Gasteiger partial charge in [-0.1, -0.05) is 63.2 Å². The second kappa shape index (κ2) is 9.26. The van der Waals surface area contributed by atoms with Crippen molar-refractivity contribution in [3.63, 3.8) is 0 Å². The zero-order valence-corrected chi connectivity index (χ0v) is 18.8. The van der Waals surface area contributed by atoms with Crippen molar-refractivity contribution in [3.8, 4) is 0 Å². The van der Waals surface area contributed by atoms with Crippen LogP contribution in [0.1, 0.15) is 38.8 Å². The molecule has 0 radical (unpaired) electrons. The second-order valence-corrected chi connectivity index (χ2v) is 9.36. The van der Waals surface area contributed by atoms with Crippen molar-refractivity contribution < 1.29 is 4.79 Å². The van der Waals surface area contributed by atoms with E-state index < -0.39 is 5.41 Å². The Balaban J connectivity index is 1.83. The Hall–Kier alpha value is -2.92. The summed E-state index contributed by atoms with van der Waals surface area (Å²) in [5.41, 5.74) is 2.73. The molecule has 1 N–H and O–H groups in total. The molecule has 2 aromatic carbocycles. The number of rotatable bonds is 6. The summed E-state index contributed by atoms with van der Waals surface area (Å²) >= 11 is 1.31. The summed E-state index contributed by atoms with van der Waals surface area (Å²) < 4.78 is 1.18. The van der Waals surface area contributed by atoms with E-state index in [1.807, 2.05) is 45.0 Å². The lowest BCUT2D eigenvalue weighted by molar-refractivity contribution is -0.119. The monoisotopic (exact) mass is 420 g/mol. The summed E-state index contributed by atoms with van der Waals surface area (Å²) in [6.45, 7) is 9.50. The van der Waals surface area contributed by atoms with E-state index in [-0.39, 0.29) is 11.3 Å². The number of hydrogen-bond acceptors (Lipinski definition) is 4. The van der Waals surface area contributed by atoms with Crippen LogP contribution in [0.2, 0.25) is 0 Å². The average Bonchev–Trinajstić information content (AvgIpc) is 3.05. The van der Waals surface area contributed by atoms with Crippen LogP contribution >= 0.6 is 11.3 Å². The lowest BCUT2D eigenvalue weighted by Gasteiger charge is -2.23. The van der Waals surface area contributed by atoms with Crippen molar-refractivity contribution in [3.05, 3.63) is 85.3 Å². The highest BCUT2D eigenvalue weighted by molar-refractivity contribution is 7.07. The fourth-order valence-corrected chi connectivity index (χ4v) is 3.87. The standard InChI is InChI=1S/C25H28N2O2S/c1-5-27(17-19-9-7-6-8-10-19)20-13-11-18(12-14-20)15-21-24(29)26-23(30-21)16-22(28)25(2,3)4/h6-16H,5,17H2,1-4H3,(H,26,29)/b21-15-,23-16-. The van der Waals surface area contributed by atoms with Gasteiger partial charge in [0.05, 0.1) is 9.20 Å². The molecule has 0 fully saturated rings. The van der Waals surface area contributed by atoms with Gasteiger partial charge in [-0.2, -0.15) is 0 Å². The fourth-order valence-electron chi connectivity index (χ4n) is 2.98. The van der Waals surface area contributed by atoms with E-state index in [9.17, 15) is 9.59 Å². The number of carbonyl (C=O) groups excluding carboxylic acids is 1. The third kappa shape index (κ3) is 5.57. The van der Waals surface area contributed by atoms with Crippen LogP contribution in [0.15, 0.2) is 59.4 Å². The van der Waals surface area contributed by atoms with Gasteiger partial charge in [-0.25, -0.2) is 0 Å². The number of hydrogen-bond donors (Lipinski definition) is 1. The summed E-state index contributed by atoms with van der Waals surface area (Å²) in [4.78, 5) is 29.6. The molecule has 156 valence electrons. The van der Waals surface area contributed by atoms with Gasteiger partial charge in [0.25, 0.3) is 5.56 Å². The van der Waals surface area contributed by atoms with E-state index in [4.69, 9.17) is 0 Å². The number of Topliss-reactive ketones (excluding diaryl/α,β-unsaturated/α-hetero) is 1. The van der Waals surface area contributed by atoms with Gasteiger partial charge in [0.15, 0.2) is 5.78 Å². The molecule has 0 atom stereocenters. The summed E-state index contributed by atoms with van der Waals surface area (Å²) in [6, 6.07) is 18.6. The zero-order valence-electron chi connectivity index (χ0n) is 17.9. The fraction of sp³-hybridized carbons (Fsp3) is 0.280. The van der Waals surface area contributed by atoms with E-state index in [1.165, 1.54) is 23.0 Å². The predicted octanol–water partition coefficient (Wildman–Crippen LogP) is 3.69. The van der Waals surface area contributed by atoms with Crippen LogP contribution < -0.4 is 19.7 Å². The first kappa shape index (κ1) is 21.8.